The number of methoxy groups -OCH3 is 2. The van der Waals surface area contributed by atoms with Crippen LogP contribution in [0.4, 0.5) is 0 Å². The van der Waals surface area contributed by atoms with Crippen molar-refractivity contribution in [3.05, 3.63) is 54.1 Å². The number of carbonyl (C=O) groups is 2. The zero-order valence-corrected chi connectivity index (χ0v) is 16.0. The van der Waals surface area contributed by atoms with Gasteiger partial charge in [0, 0.05) is 17.4 Å². The molecule has 1 fully saturated rings. The van der Waals surface area contributed by atoms with Crippen LogP contribution in [0.5, 0.6) is 11.5 Å². The van der Waals surface area contributed by atoms with E-state index in [2.05, 4.69) is 4.98 Å². The molecule has 0 bridgehead atoms. The number of pyridine rings is 1. The van der Waals surface area contributed by atoms with Crippen LogP contribution < -0.4 is 9.47 Å². The summed E-state index contributed by atoms with van der Waals surface area (Å²) in [6, 6.07) is 14.3. The van der Waals surface area contributed by atoms with E-state index in [1.54, 1.807) is 38.5 Å². The molecule has 7 nitrogen and oxygen atoms in total. The van der Waals surface area contributed by atoms with Gasteiger partial charge in [0.25, 0.3) is 0 Å². The molecule has 2 heterocycles. The Balaban J connectivity index is 1.78. The van der Waals surface area contributed by atoms with Crippen LogP contribution in [0, 0.1) is 0 Å². The standard InChI is InChI=1S/C22H19NO6/c1-26-18-8-7-13(11-20(18)27-2)17-12-15(14-5-3-4-6-16(14)23-17)21(24)29-19-9-10-28-22(19)25/h3-8,11-12,19H,9-10H2,1-2H3/t19-/m1/s1. The molecule has 1 saturated heterocycles. The highest BCUT2D eigenvalue weighted by Crippen LogP contribution is 2.33. The lowest BCUT2D eigenvalue weighted by molar-refractivity contribution is -0.145. The number of aromatic nitrogens is 1. The molecule has 1 aliphatic rings. The monoisotopic (exact) mass is 393 g/mol. The third-order valence-electron chi connectivity index (χ3n) is 4.75. The molecule has 1 aliphatic heterocycles. The topological polar surface area (TPSA) is 84.0 Å². The van der Waals surface area contributed by atoms with Gasteiger partial charge in [0.1, 0.15) is 0 Å². The summed E-state index contributed by atoms with van der Waals surface area (Å²) in [6.07, 6.45) is -0.519. The normalized spacial score (nSPS) is 15.8. The first-order chi connectivity index (χ1) is 14.1. The van der Waals surface area contributed by atoms with Gasteiger partial charge in [-0.25, -0.2) is 14.6 Å². The summed E-state index contributed by atoms with van der Waals surface area (Å²) in [6.45, 7) is 0.255. The minimum atomic E-state index is -0.876. The molecule has 0 saturated carbocycles. The van der Waals surface area contributed by atoms with Gasteiger partial charge in [0.15, 0.2) is 11.5 Å². The second-order valence-corrected chi connectivity index (χ2v) is 6.49. The highest BCUT2D eigenvalue weighted by Gasteiger charge is 2.31. The first-order valence-electron chi connectivity index (χ1n) is 9.10. The molecule has 0 unspecified atom stereocenters. The van der Waals surface area contributed by atoms with Gasteiger partial charge >= 0.3 is 11.9 Å². The fourth-order valence-corrected chi connectivity index (χ4v) is 3.26. The molecule has 1 atom stereocenters. The number of carbonyl (C=O) groups excluding carboxylic acids is 2. The van der Waals surface area contributed by atoms with Gasteiger partial charge < -0.3 is 18.9 Å². The maximum Gasteiger partial charge on any atom is 0.347 e. The molecule has 0 amide bonds. The minimum absolute atomic E-state index is 0.255. The molecule has 4 rings (SSSR count). The smallest absolute Gasteiger partial charge is 0.347 e. The van der Waals surface area contributed by atoms with Gasteiger partial charge in [-0.05, 0) is 30.3 Å². The van der Waals surface area contributed by atoms with Gasteiger partial charge in [0.05, 0.1) is 37.6 Å². The van der Waals surface area contributed by atoms with E-state index in [9.17, 15) is 9.59 Å². The summed E-state index contributed by atoms with van der Waals surface area (Å²) < 4.78 is 20.9. The number of rotatable bonds is 5. The summed E-state index contributed by atoms with van der Waals surface area (Å²) in [5.41, 5.74) is 2.30. The molecule has 1 aromatic heterocycles. The van der Waals surface area contributed by atoms with Crippen molar-refractivity contribution in [3.63, 3.8) is 0 Å². The molecule has 0 radical (unpaired) electrons. The Hall–Kier alpha value is -3.61. The largest absolute Gasteiger partial charge is 0.493 e. The van der Waals surface area contributed by atoms with Gasteiger partial charge in [0.2, 0.25) is 6.10 Å². The van der Waals surface area contributed by atoms with Crippen LogP contribution in [0.15, 0.2) is 48.5 Å². The third-order valence-corrected chi connectivity index (χ3v) is 4.75. The van der Waals surface area contributed by atoms with Gasteiger partial charge in [-0.2, -0.15) is 0 Å². The Kier molecular flexibility index (Phi) is 5.03. The lowest BCUT2D eigenvalue weighted by atomic mass is 10.0. The van der Waals surface area contributed by atoms with Crippen LogP contribution in [-0.2, 0) is 14.3 Å². The Bertz CT molecular complexity index is 1090. The summed E-state index contributed by atoms with van der Waals surface area (Å²) in [7, 11) is 3.12. The van der Waals surface area contributed by atoms with E-state index >= 15 is 0 Å². The predicted molar refractivity (Wildman–Crippen MR) is 105 cm³/mol. The van der Waals surface area contributed by atoms with Crippen LogP contribution in [-0.4, -0.2) is 43.9 Å². The van der Waals surface area contributed by atoms with E-state index in [4.69, 9.17) is 18.9 Å². The van der Waals surface area contributed by atoms with Crippen LogP contribution in [0.1, 0.15) is 16.8 Å². The van der Waals surface area contributed by atoms with Crippen LogP contribution in [0.25, 0.3) is 22.2 Å². The van der Waals surface area contributed by atoms with Crippen molar-refractivity contribution in [1.29, 1.82) is 0 Å². The molecule has 29 heavy (non-hydrogen) atoms. The fourth-order valence-electron chi connectivity index (χ4n) is 3.26. The van der Waals surface area contributed by atoms with E-state index in [1.807, 2.05) is 24.3 Å². The van der Waals surface area contributed by atoms with Crippen LogP contribution in [0.3, 0.4) is 0 Å². The van der Waals surface area contributed by atoms with Crippen molar-refractivity contribution in [2.75, 3.05) is 20.8 Å². The number of nitrogens with zero attached hydrogens (tertiary/aromatic N) is 1. The number of hydrogen-bond acceptors (Lipinski definition) is 7. The molecule has 0 N–H and O–H groups in total. The van der Waals surface area contributed by atoms with Gasteiger partial charge in [-0.1, -0.05) is 18.2 Å². The van der Waals surface area contributed by atoms with Crippen molar-refractivity contribution in [1.82, 2.24) is 4.98 Å². The fraction of sp³-hybridized carbons (Fsp3) is 0.227. The van der Waals surface area contributed by atoms with Crippen molar-refractivity contribution in [3.8, 4) is 22.8 Å². The van der Waals surface area contributed by atoms with E-state index in [-0.39, 0.29) is 6.61 Å². The van der Waals surface area contributed by atoms with E-state index in [1.165, 1.54) is 0 Å². The SMILES string of the molecule is COc1ccc(-c2cc(C(=O)O[C@@H]3CCOC3=O)c3ccccc3n2)cc1OC. The maximum atomic E-state index is 12.9. The van der Waals surface area contributed by atoms with E-state index in [0.717, 1.165) is 5.56 Å². The number of para-hydroxylation sites is 1. The van der Waals surface area contributed by atoms with Gasteiger partial charge in [-0.3, -0.25) is 0 Å². The Morgan fingerprint density at radius 3 is 2.59 bits per heavy atom. The molecule has 2 aromatic carbocycles. The van der Waals surface area contributed by atoms with Crippen LogP contribution >= 0.6 is 0 Å². The number of fused-ring (bicyclic) bond motifs is 1. The lowest BCUT2D eigenvalue weighted by Gasteiger charge is -2.13. The number of cyclic esters (lactones) is 1. The molecule has 0 aliphatic carbocycles. The zero-order chi connectivity index (χ0) is 20.4. The average molecular weight is 393 g/mol. The molecule has 0 spiro atoms. The maximum absolute atomic E-state index is 12.9. The third kappa shape index (κ3) is 3.59. The lowest BCUT2D eigenvalue weighted by Crippen LogP contribution is -2.23. The van der Waals surface area contributed by atoms with Crippen LogP contribution in [0.2, 0.25) is 0 Å². The van der Waals surface area contributed by atoms with E-state index < -0.39 is 18.0 Å². The highest BCUT2D eigenvalue weighted by molar-refractivity contribution is 6.05. The summed E-state index contributed by atoms with van der Waals surface area (Å²) in [5.74, 6) is 0.0419. The Morgan fingerprint density at radius 1 is 1.07 bits per heavy atom. The van der Waals surface area contributed by atoms with Crippen molar-refractivity contribution in [2.45, 2.75) is 12.5 Å². The first-order valence-corrected chi connectivity index (χ1v) is 9.10. The first kappa shape index (κ1) is 18.7. The zero-order valence-electron chi connectivity index (χ0n) is 16.0. The summed E-state index contributed by atoms with van der Waals surface area (Å²) >= 11 is 0. The molecule has 7 heteroatoms. The predicted octanol–water partition coefficient (Wildman–Crippen LogP) is 3.39. The second kappa shape index (κ2) is 7.79. The Morgan fingerprint density at radius 2 is 1.86 bits per heavy atom. The average Bonchev–Trinajstić information content (AvgIpc) is 3.16. The minimum Gasteiger partial charge on any atom is -0.493 e. The second-order valence-electron chi connectivity index (χ2n) is 6.49. The molecular weight excluding hydrogens is 374 g/mol. The number of benzene rings is 2. The number of ether oxygens (including phenoxy) is 4. The van der Waals surface area contributed by atoms with Crippen molar-refractivity contribution in [2.24, 2.45) is 0 Å². The van der Waals surface area contributed by atoms with Crippen molar-refractivity contribution >= 4 is 22.8 Å². The number of esters is 2. The number of hydrogen-bond donors (Lipinski definition) is 0. The summed E-state index contributed by atoms with van der Waals surface area (Å²) in [4.78, 5) is 29.2. The highest BCUT2D eigenvalue weighted by atomic mass is 16.6. The van der Waals surface area contributed by atoms with Crippen molar-refractivity contribution < 1.29 is 28.5 Å². The molecule has 3 aromatic rings. The Labute approximate surface area is 167 Å². The van der Waals surface area contributed by atoms with Gasteiger partial charge in [-0.15, -0.1) is 0 Å². The summed E-state index contributed by atoms with van der Waals surface area (Å²) in [5, 5.41) is 0.646. The molecular formula is C22H19NO6. The quantitative estimate of drug-likeness (QED) is 0.614. The molecule has 148 valence electrons. The van der Waals surface area contributed by atoms with E-state index in [0.29, 0.717) is 40.1 Å².